The average molecular weight is 243 g/mol. The second-order valence-electron chi connectivity index (χ2n) is 3.80. The van der Waals surface area contributed by atoms with Crippen molar-refractivity contribution in [2.75, 3.05) is 6.54 Å². The van der Waals surface area contributed by atoms with Gasteiger partial charge in [0.05, 0.1) is 16.7 Å². The van der Waals surface area contributed by atoms with Crippen LogP contribution in [-0.4, -0.2) is 22.4 Å². The van der Waals surface area contributed by atoms with Gasteiger partial charge >= 0.3 is 0 Å². The quantitative estimate of drug-likeness (QED) is 0.779. The second-order valence-corrected chi connectivity index (χ2v) is 5.12. The van der Waals surface area contributed by atoms with E-state index in [-0.39, 0.29) is 11.3 Å². The van der Waals surface area contributed by atoms with Gasteiger partial charge in [-0.05, 0) is 0 Å². The fourth-order valence-corrected chi connectivity index (χ4v) is 1.41. The van der Waals surface area contributed by atoms with Crippen molar-refractivity contribution in [1.29, 1.82) is 0 Å². The van der Waals surface area contributed by atoms with Gasteiger partial charge < -0.3 is 11.1 Å². The van der Waals surface area contributed by atoms with Crippen molar-refractivity contribution >= 4 is 34.5 Å². The Morgan fingerprint density at radius 3 is 2.87 bits per heavy atom. The van der Waals surface area contributed by atoms with Crippen molar-refractivity contribution in [3.05, 3.63) is 16.6 Å². The van der Waals surface area contributed by atoms with Crippen molar-refractivity contribution in [2.24, 2.45) is 11.1 Å². The zero-order valence-electron chi connectivity index (χ0n) is 8.61. The lowest BCUT2D eigenvalue weighted by molar-refractivity contribution is 0.0949. The van der Waals surface area contributed by atoms with E-state index in [0.29, 0.717) is 16.4 Å². The first-order valence-electron chi connectivity index (χ1n) is 4.40. The molecule has 1 aromatic rings. The largest absolute Gasteiger partial charge is 0.393 e. The maximum Gasteiger partial charge on any atom is 0.263 e. The molecule has 0 aliphatic carbocycles. The van der Waals surface area contributed by atoms with Crippen LogP contribution in [0.2, 0.25) is 0 Å². The molecule has 4 nitrogen and oxygen atoms in total. The Labute approximate surface area is 97.9 Å². The smallest absolute Gasteiger partial charge is 0.263 e. The molecular weight excluding hydrogens is 230 g/mol. The molecule has 1 rings (SSSR count). The molecule has 3 N–H and O–H groups in total. The predicted molar refractivity (Wildman–Crippen MR) is 65.0 cm³/mol. The molecule has 1 heterocycles. The Balaban J connectivity index is 2.51. The van der Waals surface area contributed by atoms with E-state index in [1.807, 2.05) is 13.8 Å². The number of nitrogens with one attached hydrogen (secondary N) is 1. The van der Waals surface area contributed by atoms with Crippen LogP contribution in [0, 0.1) is 5.41 Å². The Morgan fingerprint density at radius 2 is 2.40 bits per heavy atom. The lowest BCUT2D eigenvalue weighted by Gasteiger charge is -2.22. The van der Waals surface area contributed by atoms with Gasteiger partial charge in [-0.15, -0.1) is 11.3 Å². The third kappa shape index (κ3) is 3.24. The van der Waals surface area contributed by atoms with Crippen molar-refractivity contribution < 1.29 is 4.79 Å². The fraction of sp³-hybridized carbons (Fsp3) is 0.444. The molecule has 0 spiro atoms. The molecule has 0 fully saturated rings. The summed E-state index contributed by atoms with van der Waals surface area (Å²) in [4.78, 5) is 16.4. The number of hydrogen-bond donors (Lipinski definition) is 2. The lowest BCUT2D eigenvalue weighted by atomic mass is 9.94. The Hall–Kier alpha value is -1.01. The third-order valence-corrected chi connectivity index (χ3v) is 3.34. The first kappa shape index (κ1) is 12.1. The van der Waals surface area contributed by atoms with E-state index in [9.17, 15) is 4.79 Å². The summed E-state index contributed by atoms with van der Waals surface area (Å²) < 4.78 is 0. The minimum absolute atomic E-state index is 0.137. The lowest BCUT2D eigenvalue weighted by Crippen LogP contribution is -2.41. The van der Waals surface area contributed by atoms with E-state index in [1.165, 1.54) is 17.5 Å². The number of carbonyl (C=O) groups excluding carboxylic acids is 1. The molecule has 0 atom stereocenters. The monoisotopic (exact) mass is 243 g/mol. The van der Waals surface area contributed by atoms with Gasteiger partial charge in [0.15, 0.2) is 0 Å². The van der Waals surface area contributed by atoms with Crippen molar-refractivity contribution in [2.45, 2.75) is 13.8 Å². The van der Waals surface area contributed by atoms with E-state index < -0.39 is 0 Å². The molecule has 0 saturated carbocycles. The Bertz CT molecular complexity index is 359. The van der Waals surface area contributed by atoms with Crippen LogP contribution in [0.3, 0.4) is 0 Å². The first-order valence-corrected chi connectivity index (χ1v) is 5.69. The topological polar surface area (TPSA) is 68.0 Å². The summed E-state index contributed by atoms with van der Waals surface area (Å²) in [5.41, 5.74) is 6.80. The molecule has 15 heavy (non-hydrogen) atoms. The SMILES string of the molecule is CC(C)(CNC(=O)c1cncs1)C(N)=S. The normalized spacial score (nSPS) is 11.1. The minimum Gasteiger partial charge on any atom is -0.393 e. The summed E-state index contributed by atoms with van der Waals surface area (Å²) in [6, 6.07) is 0. The highest BCUT2D eigenvalue weighted by Gasteiger charge is 2.22. The number of nitrogens with two attached hydrogens (primary N) is 1. The van der Waals surface area contributed by atoms with E-state index >= 15 is 0 Å². The predicted octanol–water partition coefficient (Wildman–Crippen LogP) is 1.19. The fourth-order valence-electron chi connectivity index (χ4n) is 0.803. The second kappa shape index (κ2) is 4.67. The highest BCUT2D eigenvalue weighted by molar-refractivity contribution is 7.80. The van der Waals surface area contributed by atoms with Crippen LogP contribution in [-0.2, 0) is 0 Å². The first-order chi connectivity index (χ1) is 6.93. The van der Waals surface area contributed by atoms with E-state index in [1.54, 1.807) is 5.51 Å². The van der Waals surface area contributed by atoms with Crippen molar-refractivity contribution in [3.63, 3.8) is 0 Å². The van der Waals surface area contributed by atoms with Gasteiger partial charge in [0.25, 0.3) is 5.91 Å². The van der Waals surface area contributed by atoms with E-state index in [2.05, 4.69) is 10.3 Å². The number of rotatable bonds is 4. The molecule has 1 aromatic heterocycles. The zero-order valence-corrected chi connectivity index (χ0v) is 10.2. The zero-order chi connectivity index (χ0) is 11.5. The molecule has 0 radical (unpaired) electrons. The summed E-state index contributed by atoms with van der Waals surface area (Å²) >= 11 is 6.20. The standard InChI is InChI=1S/C9H13N3OS2/c1-9(2,8(10)14)4-12-7(13)6-3-11-5-15-6/h3,5H,4H2,1-2H3,(H2,10,14)(H,12,13). The van der Waals surface area contributed by atoms with Crippen LogP contribution in [0.1, 0.15) is 23.5 Å². The number of amides is 1. The summed E-state index contributed by atoms with van der Waals surface area (Å²) in [6.07, 6.45) is 1.54. The average Bonchev–Trinajstić information content (AvgIpc) is 2.66. The van der Waals surface area contributed by atoms with Gasteiger partial charge in [0, 0.05) is 12.0 Å². The molecule has 1 amide bonds. The molecule has 82 valence electrons. The summed E-state index contributed by atoms with van der Waals surface area (Å²) in [6.45, 7) is 4.21. The molecule has 6 heteroatoms. The number of hydrogen-bond acceptors (Lipinski definition) is 4. The number of nitrogens with zero attached hydrogens (tertiary/aromatic N) is 1. The van der Waals surface area contributed by atoms with E-state index in [0.717, 1.165) is 0 Å². The molecular formula is C9H13N3OS2. The van der Waals surface area contributed by atoms with Crippen LogP contribution >= 0.6 is 23.6 Å². The molecule has 0 aliphatic rings. The maximum absolute atomic E-state index is 11.6. The molecule has 0 saturated heterocycles. The van der Waals surface area contributed by atoms with E-state index in [4.69, 9.17) is 18.0 Å². The third-order valence-electron chi connectivity index (χ3n) is 2.01. The highest BCUT2D eigenvalue weighted by Crippen LogP contribution is 2.14. The van der Waals surface area contributed by atoms with Gasteiger partial charge in [-0.2, -0.15) is 0 Å². The number of aromatic nitrogens is 1. The molecule has 0 aliphatic heterocycles. The van der Waals surface area contributed by atoms with Crippen LogP contribution in [0.25, 0.3) is 0 Å². The summed E-state index contributed by atoms with van der Waals surface area (Å²) in [5, 5.41) is 2.77. The van der Waals surface area contributed by atoms with Crippen LogP contribution in [0.15, 0.2) is 11.7 Å². The Morgan fingerprint density at radius 1 is 1.73 bits per heavy atom. The number of thiocarbonyl (C=S) groups is 1. The summed E-state index contributed by atoms with van der Waals surface area (Å²) in [7, 11) is 0. The maximum atomic E-state index is 11.6. The highest BCUT2D eigenvalue weighted by atomic mass is 32.1. The van der Waals surface area contributed by atoms with Crippen LogP contribution in [0.5, 0.6) is 0 Å². The number of thiazole rings is 1. The van der Waals surface area contributed by atoms with Gasteiger partial charge in [-0.25, -0.2) is 0 Å². The summed E-state index contributed by atoms with van der Waals surface area (Å²) in [5.74, 6) is -0.137. The number of carbonyl (C=O) groups is 1. The van der Waals surface area contributed by atoms with Crippen molar-refractivity contribution in [1.82, 2.24) is 10.3 Å². The Kier molecular flexibility index (Phi) is 3.76. The van der Waals surface area contributed by atoms with Gasteiger partial charge in [0.1, 0.15) is 4.88 Å². The van der Waals surface area contributed by atoms with Gasteiger partial charge in [-0.1, -0.05) is 26.1 Å². The van der Waals surface area contributed by atoms with Crippen molar-refractivity contribution in [3.8, 4) is 0 Å². The van der Waals surface area contributed by atoms with Crippen LogP contribution < -0.4 is 11.1 Å². The van der Waals surface area contributed by atoms with Gasteiger partial charge in [-0.3, -0.25) is 9.78 Å². The molecule has 0 aromatic carbocycles. The molecule has 0 bridgehead atoms. The molecule has 0 unspecified atom stereocenters. The minimum atomic E-state index is -0.365. The van der Waals surface area contributed by atoms with Crippen LogP contribution in [0.4, 0.5) is 0 Å². The van der Waals surface area contributed by atoms with Gasteiger partial charge in [0.2, 0.25) is 0 Å².